The number of methoxy groups -OCH3 is 2. The third-order valence-electron chi connectivity index (χ3n) is 5.83. The number of sulfonamides is 1. The summed E-state index contributed by atoms with van der Waals surface area (Å²) in [5.41, 5.74) is 0.997. The summed E-state index contributed by atoms with van der Waals surface area (Å²) in [7, 11) is -0.790. The Hall–Kier alpha value is -2.69. The number of carbonyl (C=O) groups is 1. The molecule has 2 aromatic carbocycles. The van der Waals surface area contributed by atoms with Gasteiger partial charge in [0.25, 0.3) is 0 Å². The first-order chi connectivity index (χ1) is 16.3. The van der Waals surface area contributed by atoms with Crippen molar-refractivity contribution in [1.29, 1.82) is 0 Å². The van der Waals surface area contributed by atoms with Gasteiger partial charge in [-0.15, -0.1) is 0 Å². The summed E-state index contributed by atoms with van der Waals surface area (Å²) in [6.45, 7) is 3.85. The number of rotatable bonds is 10. The lowest BCUT2D eigenvalue weighted by Crippen LogP contribution is -2.35. The Bertz CT molecular complexity index is 1100. The predicted octanol–water partition coefficient (Wildman–Crippen LogP) is 3.48. The molecule has 34 heavy (non-hydrogen) atoms. The Balaban J connectivity index is 1.72. The van der Waals surface area contributed by atoms with Crippen molar-refractivity contribution in [2.45, 2.75) is 37.6 Å². The Labute approximate surface area is 200 Å². The van der Waals surface area contributed by atoms with Crippen molar-refractivity contribution in [3.05, 3.63) is 47.8 Å². The lowest BCUT2D eigenvalue weighted by molar-refractivity contribution is -0.117. The number of hydrogen-bond acceptors (Lipinski definition) is 6. The third-order valence-corrected chi connectivity index (χ3v) is 7.73. The fraction of sp³-hybridized carbons (Fsp3) is 0.458. The topological polar surface area (TPSA) is 88.2 Å². The van der Waals surface area contributed by atoms with Gasteiger partial charge in [-0.3, -0.25) is 9.69 Å². The SMILES string of the molecule is CCN(CC(=O)Nc1cc(S(=O)(=O)N2CCCCC2)ccc1OC)Cc1ccc(OC)c(F)c1. The summed E-state index contributed by atoms with van der Waals surface area (Å²) in [6, 6.07) is 9.17. The zero-order valence-corrected chi connectivity index (χ0v) is 20.7. The molecule has 1 aliphatic heterocycles. The number of piperidine rings is 1. The maximum absolute atomic E-state index is 14.0. The van der Waals surface area contributed by atoms with Gasteiger partial charge < -0.3 is 14.8 Å². The normalized spacial score (nSPS) is 14.7. The number of anilines is 1. The van der Waals surface area contributed by atoms with Crippen LogP contribution in [0.3, 0.4) is 0 Å². The van der Waals surface area contributed by atoms with Gasteiger partial charge in [0.2, 0.25) is 15.9 Å². The molecule has 10 heteroatoms. The van der Waals surface area contributed by atoms with Crippen LogP contribution >= 0.6 is 0 Å². The van der Waals surface area contributed by atoms with E-state index < -0.39 is 15.8 Å². The lowest BCUT2D eigenvalue weighted by Gasteiger charge is -2.26. The summed E-state index contributed by atoms with van der Waals surface area (Å²) in [6.07, 6.45) is 2.70. The largest absolute Gasteiger partial charge is 0.495 e. The van der Waals surface area contributed by atoms with Crippen LogP contribution in [0.25, 0.3) is 0 Å². The van der Waals surface area contributed by atoms with Crippen LogP contribution in [-0.4, -0.2) is 63.9 Å². The fourth-order valence-electron chi connectivity index (χ4n) is 3.94. The van der Waals surface area contributed by atoms with Gasteiger partial charge in [-0.05, 0) is 55.3 Å². The van der Waals surface area contributed by atoms with E-state index in [9.17, 15) is 17.6 Å². The van der Waals surface area contributed by atoms with Crippen LogP contribution in [0.1, 0.15) is 31.7 Å². The summed E-state index contributed by atoms with van der Waals surface area (Å²) in [5.74, 6) is -0.263. The molecule has 1 saturated heterocycles. The number of likely N-dealkylation sites (N-methyl/N-ethyl adjacent to an activating group) is 1. The van der Waals surface area contributed by atoms with Gasteiger partial charge in [0.1, 0.15) is 5.75 Å². The van der Waals surface area contributed by atoms with E-state index in [1.165, 1.54) is 36.7 Å². The second-order valence-corrected chi connectivity index (χ2v) is 10.1. The minimum Gasteiger partial charge on any atom is -0.495 e. The molecule has 1 aliphatic rings. The molecule has 3 rings (SSSR count). The highest BCUT2D eigenvalue weighted by Gasteiger charge is 2.27. The van der Waals surface area contributed by atoms with Crippen LogP contribution < -0.4 is 14.8 Å². The number of halogens is 1. The van der Waals surface area contributed by atoms with Crippen molar-refractivity contribution in [2.24, 2.45) is 0 Å². The Morgan fingerprint density at radius 1 is 1.06 bits per heavy atom. The Morgan fingerprint density at radius 3 is 2.35 bits per heavy atom. The van der Waals surface area contributed by atoms with Crippen LogP contribution in [0, 0.1) is 5.82 Å². The van der Waals surface area contributed by atoms with Crippen molar-refractivity contribution in [3.8, 4) is 11.5 Å². The van der Waals surface area contributed by atoms with E-state index in [2.05, 4.69) is 5.32 Å². The van der Waals surface area contributed by atoms with Crippen molar-refractivity contribution in [2.75, 3.05) is 45.7 Å². The molecule has 2 aromatic rings. The number of ether oxygens (including phenoxy) is 2. The molecule has 1 N–H and O–H groups in total. The van der Waals surface area contributed by atoms with Gasteiger partial charge in [-0.25, -0.2) is 12.8 Å². The molecule has 0 spiro atoms. The molecular formula is C24H32FN3O5S. The van der Waals surface area contributed by atoms with E-state index >= 15 is 0 Å². The van der Waals surface area contributed by atoms with Crippen LogP contribution in [0.2, 0.25) is 0 Å². The summed E-state index contributed by atoms with van der Waals surface area (Å²) in [4.78, 5) is 14.8. The molecule has 0 atom stereocenters. The molecule has 0 aromatic heterocycles. The molecule has 1 amide bonds. The van der Waals surface area contributed by atoms with E-state index in [-0.39, 0.29) is 28.8 Å². The zero-order chi connectivity index (χ0) is 24.7. The van der Waals surface area contributed by atoms with Crippen molar-refractivity contribution < 1.29 is 27.1 Å². The average molecular weight is 494 g/mol. The summed E-state index contributed by atoms with van der Waals surface area (Å²) < 4.78 is 51.9. The van der Waals surface area contributed by atoms with E-state index in [1.54, 1.807) is 18.2 Å². The van der Waals surface area contributed by atoms with Crippen LogP contribution in [0.15, 0.2) is 41.3 Å². The van der Waals surface area contributed by atoms with Gasteiger partial charge in [0.05, 0.1) is 31.3 Å². The highest BCUT2D eigenvalue weighted by atomic mass is 32.2. The van der Waals surface area contributed by atoms with Crippen molar-refractivity contribution in [1.82, 2.24) is 9.21 Å². The van der Waals surface area contributed by atoms with Crippen molar-refractivity contribution >= 4 is 21.6 Å². The lowest BCUT2D eigenvalue weighted by atomic mass is 10.2. The minimum atomic E-state index is -3.65. The molecule has 0 aliphatic carbocycles. The zero-order valence-electron chi connectivity index (χ0n) is 19.8. The first-order valence-electron chi connectivity index (χ1n) is 11.3. The molecule has 0 unspecified atom stereocenters. The van der Waals surface area contributed by atoms with Gasteiger partial charge >= 0.3 is 0 Å². The number of carbonyl (C=O) groups excluding carboxylic acids is 1. The third kappa shape index (κ3) is 6.25. The Kier molecular flexibility index (Phi) is 8.87. The van der Waals surface area contributed by atoms with Crippen LogP contribution in [0.4, 0.5) is 10.1 Å². The first-order valence-corrected chi connectivity index (χ1v) is 12.7. The number of amides is 1. The van der Waals surface area contributed by atoms with Gasteiger partial charge in [-0.2, -0.15) is 4.31 Å². The summed E-state index contributed by atoms with van der Waals surface area (Å²) >= 11 is 0. The molecule has 1 heterocycles. The monoisotopic (exact) mass is 493 g/mol. The quantitative estimate of drug-likeness (QED) is 0.545. The highest BCUT2D eigenvalue weighted by molar-refractivity contribution is 7.89. The molecule has 8 nitrogen and oxygen atoms in total. The molecule has 0 radical (unpaired) electrons. The Morgan fingerprint density at radius 2 is 1.74 bits per heavy atom. The molecule has 1 fully saturated rings. The molecule has 0 bridgehead atoms. The maximum atomic E-state index is 14.0. The van der Waals surface area contributed by atoms with E-state index in [4.69, 9.17) is 9.47 Å². The second-order valence-electron chi connectivity index (χ2n) is 8.15. The van der Waals surface area contributed by atoms with E-state index in [0.29, 0.717) is 37.5 Å². The van der Waals surface area contributed by atoms with Gasteiger partial charge in [-0.1, -0.05) is 19.4 Å². The average Bonchev–Trinajstić information content (AvgIpc) is 2.84. The summed E-state index contributed by atoms with van der Waals surface area (Å²) in [5, 5.41) is 2.77. The maximum Gasteiger partial charge on any atom is 0.243 e. The fourth-order valence-corrected chi connectivity index (χ4v) is 5.48. The minimum absolute atomic E-state index is 0.0381. The highest BCUT2D eigenvalue weighted by Crippen LogP contribution is 2.30. The van der Waals surface area contributed by atoms with E-state index in [1.807, 2.05) is 11.8 Å². The van der Waals surface area contributed by atoms with Crippen LogP contribution in [0.5, 0.6) is 11.5 Å². The molecule has 186 valence electrons. The number of benzene rings is 2. The van der Waals surface area contributed by atoms with Crippen molar-refractivity contribution in [3.63, 3.8) is 0 Å². The smallest absolute Gasteiger partial charge is 0.243 e. The second kappa shape index (κ2) is 11.6. The number of nitrogens with zero attached hydrogens (tertiary/aromatic N) is 2. The van der Waals surface area contributed by atoms with Gasteiger partial charge in [0.15, 0.2) is 11.6 Å². The molecular weight excluding hydrogens is 461 g/mol. The predicted molar refractivity (Wildman–Crippen MR) is 128 cm³/mol. The van der Waals surface area contributed by atoms with Crippen LogP contribution in [-0.2, 0) is 21.4 Å². The van der Waals surface area contributed by atoms with Gasteiger partial charge in [0, 0.05) is 19.6 Å². The number of hydrogen-bond donors (Lipinski definition) is 1. The standard InChI is InChI=1S/C24H32FN3O5S/c1-4-27(16-18-8-10-22(32-2)20(25)14-18)17-24(29)26-21-15-19(9-11-23(21)33-3)34(30,31)28-12-6-5-7-13-28/h8-11,14-15H,4-7,12-13,16-17H2,1-3H3,(H,26,29). The van der Waals surface area contributed by atoms with E-state index in [0.717, 1.165) is 19.3 Å². The number of nitrogens with one attached hydrogen (secondary N) is 1. The molecule has 0 saturated carbocycles. The first kappa shape index (κ1) is 25.9.